The number of aromatic nitrogens is 1. The molecule has 5 heteroatoms. The van der Waals surface area contributed by atoms with Crippen LogP contribution in [0.5, 0.6) is 5.75 Å². The van der Waals surface area contributed by atoms with Crippen LogP contribution < -0.4 is 15.0 Å². The first-order valence-corrected chi connectivity index (χ1v) is 6.48. The summed E-state index contributed by atoms with van der Waals surface area (Å²) in [4.78, 5) is 5.14. The standard InChI is InChI=1S/C15H16FN3O/c1-2-18-12-7-13(16)15-14(8-12)19(5-6-20-15)10-11-3-4-17-9-11/h2-4,7-9,17-18H,1,5-6,10H2. The first kappa shape index (κ1) is 12.6. The van der Waals surface area contributed by atoms with Crippen molar-refractivity contribution in [3.8, 4) is 5.75 Å². The number of hydrogen-bond acceptors (Lipinski definition) is 3. The van der Waals surface area contributed by atoms with Gasteiger partial charge in [-0.15, -0.1) is 0 Å². The third-order valence-corrected chi connectivity index (χ3v) is 3.28. The quantitative estimate of drug-likeness (QED) is 0.899. The molecule has 0 radical (unpaired) electrons. The number of rotatable bonds is 4. The molecule has 0 unspecified atom stereocenters. The number of anilines is 2. The van der Waals surface area contributed by atoms with E-state index in [1.54, 1.807) is 0 Å². The predicted molar refractivity (Wildman–Crippen MR) is 77.6 cm³/mol. The number of halogens is 1. The summed E-state index contributed by atoms with van der Waals surface area (Å²) in [5.41, 5.74) is 2.59. The number of hydrogen-bond donors (Lipinski definition) is 2. The molecule has 104 valence electrons. The van der Waals surface area contributed by atoms with Crippen LogP contribution in [-0.2, 0) is 6.54 Å². The van der Waals surface area contributed by atoms with E-state index in [4.69, 9.17) is 4.74 Å². The van der Waals surface area contributed by atoms with Gasteiger partial charge in [0.1, 0.15) is 6.61 Å². The van der Waals surface area contributed by atoms with Crippen LogP contribution in [0, 0.1) is 5.82 Å². The number of fused-ring (bicyclic) bond motifs is 1. The van der Waals surface area contributed by atoms with Crippen molar-refractivity contribution >= 4 is 11.4 Å². The molecule has 0 amide bonds. The number of aromatic amines is 1. The van der Waals surface area contributed by atoms with Crippen molar-refractivity contribution in [2.24, 2.45) is 0 Å². The van der Waals surface area contributed by atoms with E-state index in [9.17, 15) is 4.39 Å². The molecular formula is C15H16FN3O. The summed E-state index contributed by atoms with van der Waals surface area (Å²) >= 11 is 0. The molecule has 2 N–H and O–H groups in total. The van der Waals surface area contributed by atoms with Crippen LogP contribution in [0.25, 0.3) is 0 Å². The molecule has 0 aliphatic carbocycles. The van der Waals surface area contributed by atoms with Crippen molar-refractivity contribution in [1.82, 2.24) is 4.98 Å². The van der Waals surface area contributed by atoms with Gasteiger partial charge in [-0.05, 0) is 23.9 Å². The molecule has 0 spiro atoms. The van der Waals surface area contributed by atoms with Crippen LogP contribution in [-0.4, -0.2) is 18.1 Å². The van der Waals surface area contributed by atoms with Gasteiger partial charge in [0, 0.05) is 30.7 Å². The van der Waals surface area contributed by atoms with E-state index in [1.807, 2.05) is 24.5 Å². The molecule has 2 heterocycles. The zero-order chi connectivity index (χ0) is 13.9. The Morgan fingerprint density at radius 1 is 1.50 bits per heavy atom. The summed E-state index contributed by atoms with van der Waals surface area (Å²) < 4.78 is 19.5. The minimum atomic E-state index is -0.356. The lowest BCUT2D eigenvalue weighted by Gasteiger charge is -2.31. The van der Waals surface area contributed by atoms with Crippen LogP contribution >= 0.6 is 0 Å². The second-order valence-corrected chi connectivity index (χ2v) is 4.64. The molecule has 20 heavy (non-hydrogen) atoms. The summed E-state index contributed by atoms with van der Waals surface area (Å²) in [6, 6.07) is 5.31. The Labute approximate surface area is 116 Å². The van der Waals surface area contributed by atoms with Gasteiger partial charge in [-0.2, -0.15) is 0 Å². The first-order chi connectivity index (χ1) is 9.78. The summed E-state index contributed by atoms with van der Waals surface area (Å²) in [5.74, 6) is -0.0352. The molecule has 1 aliphatic rings. The molecule has 2 aromatic rings. The molecule has 0 bridgehead atoms. The van der Waals surface area contributed by atoms with Gasteiger partial charge < -0.3 is 19.9 Å². The average molecular weight is 273 g/mol. The normalized spacial score (nSPS) is 13.6. The van der Waals surface area contributed by atoms with Crippen molar-refractivity contribution in [2.75, 3.05) is 23.4 Å². The maximum atomic E-state index is 14.1. The maximum absolute atomic E-state index is 14.1. The molecule has 0 atom stereocenters. The third-order valence-electron chi connectivity index (χ3n) is 3.28. The number of ether oxygens (including phenoxy) is 1. The Hall–Kier alpha value is -2.43. The highest BCUT2D eigenvalue weighted by atomic mass is 19.1. The van der Waals surface area contributed by atoms with Gasteiger partial charge in [0.25, 0.3) is 0 Å². The van der Waals surface area contributed by atoms with Crippen molar-refractivity contribution in [3.05, 3.63) is 54.8 Å². The van der Waals surface area contributed by atoms with E-state index in [1.165, 1.54) is 12.3 Å². The fraction of sp³-hybridized carbons (Fsp3) is 0.200. The smallest absolute Gasteiger partial charge is 0.178 e. The molecule has 0 fully saturated rings. The lowest BCUT2D eigenvalue weighted by Crippen LogP contribution is -2.32. The van der Waals surface area contributed by atoms with E-state index < -0.39 is 0 Å². The Morgan fingerprint density at radius 2 is 2.40 bits per heavy atom. The van der Waals surface area contributed by atoms with Crippen molar-refractivity contribution in [2.45, 2.75) is 6.54 Å². The number of nitrogens with zero attached hydrogens (tertiary/aromatic N) is 1. The predicted octanol–water partition coefficient (Wildman–Crippen LogP) is 3.11. The van der Waals surface area contributed by atoms with E-state index in [0.29, 0.717) is 18.0 Å². The summed E-state index contributed by atoms with van der Waals surface area (Å²) in [6.07, 6.45) is 5.35. The van der Waals surface area contributed by atoms with Gasteiger partial charge >= 0.3 is 0 Å². The van der Waals surface area contributed by atoms with E-state index in [-0.39, 0.29) is 5.82 Å². The van der Waals surface area contributed by atoms with E-state index >= 15 is 0 Å². The molecule has 1 aromatic heterocycles. The Morgan fingerprint density at radius 3 is 3.15 bits per heavy atom. The summed E-state index contributed by atoms with van der Waals surface area (Å²) in [6.45, 7) is 5.53. The van der Waals surface area contributed by atoms with Gasteiger partial charge in [0.2, 0.25) is 0 Å². The summed E-state index contributed by atoms with van der Waals surface area (Å²) in [7, 11) is 0. The van der Waals surface area contributed by atoms with Crippen molar-refractivity contribution < 1.29 is 9.13 Å². The fourth-order valence-corrected chi connectivity index (χ4v) is 2.38. The lowest BCUT2D eigenvalue weighted by atomic mass is 10.2. The van der Waals surface area contributed by atoms with Crippen LogP contribution in [0.3, 0.4) is 0 Å². The zero-order valence-corrected chi connectivity index (χ0v) is 11.0. The molecule has 3 rings (SSSR count). The Balaban J connectivity index is 1.95. The van der Waals surface area contributed by atoms with Crippen molar-refractivity contribution in [1.29, 1.82) is 0 Å². The van der Waals surface area contributed by atoms with Gasteiger partial charge in [-0.25, -0.2) is 4.39 Å². The van der Waals surface area contributed by atoms with Gasteiger partial charge in [0.15, 0.2) is 11.6 Å². The fourth-order valence-electron chi connectivity index (χ4n) is 2.38. The number of benzene rings is 1. The number of H-pyrrole nitrogens is 1. The summed E-state index contributed by atoms with van der Waals surface area (Å²) in [5, 5.41) is 2.91. The van der Waals surface area contributed by atoms with Crippen molar-refractivity contribution in [3.63, 3.8) is 0 Å². The highest BCUT2D eigenvalue weighted by molar-refractivity contribution is 5.68. The molecule has 0 saturated carbocycles. The zero-order valence-electron chi connectivity index (χ0n) is 11.0. The Bertz CT molecular complexity index is 610. The minimum absolute atomic E-state index is 0.321. The first-order valence-electron chi connectivity index (χ1n) is 6.48. The third kappa shape index (κ3) is 2.34. The monoisotopic (exact) mass is 273 g/mol. The minimum Gasteiger partial charge on any atom is -0.486 e. The highest BCUT2D eigenvalue weighted by Gasteiger charge is 2.22. The lowest BCUT2D eigenvalue weighted by molar-refractivity contribution is 0.291. The molecule has 1 aromatic carbocycles. The maximum Gasteiger partial charge on any atom is 0.178 e. The van der Waals surface area contributed by atoms with Gasteiger partial charge in [-0.1, -0.05) is 6.58 Å². The largest absolute Gasteiger partial charge is 0.486 e. The molecule has 0 saturated heterocycles. The molecule has 4 nitrogen and oxygen atoms in total. The molecular weight excluding hydrogens is 257 g/mol. The van der Waals surface area contributed by atoms with E-state index in [2.05, 4.69) is 21.8 Å². The van der Waals surface area contributed by atoms with Crippen LogP contribution in [0.2, 0.25) is 0 Å². The van der Waals surface area contributed by atoms with E-state index in [0.717, 1.165) is 24.3 Å². The van der Waals surface area contributed by atoms with Crippen LogP contribution in [0.15, 0.2) is 43.4 Å². The van der Waals surface area contributed by atoms with Gasteiger partial charge in [-0.3, -0.25) is 0 Å². The average Bonchev–Trinajstić information content (AvgIpc) is 2.93. The van der Waals surface area contributed by atoms with Gasteiger partial charge in [0.05, 0.1) is 12.2 Å². The SMILES string of the molecule is C=CNc1cc(F)c2c(c1)N(Cc1cc[nH]c1)CCO2. The number of nitrogens with one attached hydrogen (secondary N) is 2. The van der Waals surface area contributed by atoms with Crippen LogP contribution in [0.1, 0.15) is 5.56 Å². The Kier molecular flexibility index (Phi) is 3.33. The highest BCUT2D eigenvalue weighted by Crippen LogP contribution is 2.37. The molecule has 1 aliphatic heterocycles. The van der Waals surface area contributed by atoms with Crippen LogP contribution in [0.4, 0.5) is 15.8 Å². The second kappa shape index (κ2) is 5.28. The second-order valence-electron chi connectivity index (χ2n) is 4.64. The topological polar surface area (TPSA) is 40.3 Å².